The summed E-state index contributed by atoms with van der Waals surface area (Å²) in [6, 6.07) is 0.0484. The third-order valence-electron chi connectivity index (χ3n) is 2.18. The van der Waals surface area contributed by atoms with E-state index in [0.29, 0.717) is 12.1 Å². The smallest absolute Gasteiger partial charge is 0.323 e. The second kappa shape index (κ2) is 5.49. The number of halogens is 2. The summed E-state index contributed by atoms with van der Waals surface area (Å²) in [6.45, 7) is 1.18. The van der Waals surface area contributed by atoms with Crippen molar-refractivity contribution in [1.29, 1.82) is 0 Å². The first-order valence-electron chi connectivity index (χ1n) is 5.03. The van der Waals surface area contributed by atoms with Gasteiger partial charge in [0.25, 0.3) is 0 Å². The summed E-state index contributed by atoms with van der Waals surface area (Å²) in [5, 5.41) is 0. The topological polar surface area (TPSA) is 98.5 Å². The number of carbonyl (C=O) groups excluding carboxylic acids is 1. The number of nitrogens with one attached hydrogen (secondary N) is 1. The Morgan fingerprint density at radius 2 is 1.84 bits per heavy atom. The number of hydrogen-bond acceptors (Lipinski definition) is 5. The zero-order valence-electron chi connectivity index (χ0n) is 10.1. The zero-order chi connectivity index (χ0) is 14.8. The van der Waals surface area contributed by atoms with Gasteiger partial charge in [-0.2, -0.15) is 4.72 Å². The Morgan fingerprint density at radius 1 is 1.37 bits per heavy atom. The Bertz CT molecular complexity index is 581. The molecular weight excluding hydrogens is 282 g/mol. The molecule has 1 unspecified atom stereocenters. The summed E-state index contributed by atoms with van der Waals surface area (Å²) in [5.41, 5.74) is 4.92. The predicted molar refractivity (Wildman–Crippen MR) is 62.6 cm³/mol. The average Bonchev–Trinajstić information content (AvgIpc) is 2.24. The molecule has 3 N–H and O–H groups in total. The van der Waals surface area contributed by atoms with Crippen LogP contribution in [0, 0.1) is 11.6 Å². The van der Waals surface area contributed by atoms with E-state index < -0.39 is 38.6 Å². The van der Waals surface area contributed by atoms with Crippen LogP contribution in [-0.2, 0) is 19.6 Å². The molecule has 1 rings (SSSR count). The van der Waals surface area contributed by atoms with E-state index in [1.54, 1.807) is 4.72 Å². The Kier molecular flexibility index (Phi) is 4.43. The maximum atomic E-state index is 13.5. The molecule has 0 aliphatic heterocycles. The largest absolute Gasteiger partial charge is 0.468 e. The number of hydrogen-bond donors (Lipinski definition) is 2. The van der Waals surface area contributed by atoms with E-state index in [0.717, 1.165) is 7.11 Å². The van der Waals surface area contributed by atoms with Crippen LogP contribution in [0.2, 0.25) is 0 Å². The summed E-state index contributed by atoms with van der Waals surface area (Å²) in [5.74, 6) is -3.58. The lowest BCUT2D eigenvalue weighted by molar-refractivity contribution is -0.142. The van der Waals surface area contributed by atoms with Crippen LogP contribution in [0.3, 0.4) is 0 Å². The van der Waals surface area contributed by atoms with Gasteiger partial charge in [0.2, 0.25) is 10.0 Å². The summed E-state index contributed by atoms with van der Waals surface area (Å²) >= 11 is 0. The first-order chi connectivity index (χ1) is 8.69. The molecule has 0 fully saturated rings. The highest BCUT2D eigenvalue weighted by atomic mass is 32.2. The number of sulfonamides is 1. The second-order valence-corrected chi connectivity index (χ2v) is 5.33. The van der Waals surface area contributed by atoms with Gasteiger partial charge in [0.05, 0.1) is 7.11 Å². The van der Waals surface area contributed by atoms with Crippen molar-refractivity contribution in [1.82, 2.24) is 4.72 Å². The molecular formula is C10H12F2N2O4S. The molecule has 6 nitrogen and oxygen atoms in total. The molecule has 0 aliphatic rings. The molecule has 19 heavy (non-hydrogen) atoms. The van der Waals surface area contributed by atoms with Gasteiger partial charge >= 0.3 is 5.97 Å². The molecule has 106 valence electrons. The van der Waals surface area contributed by atoms with Crippen molar-refractivity contribution in [2.24, 2.45) is 0 Å². The lowest BCUT2D eigenvalue weighted by Gasteiger charge is -2.13. The van der Waals surface area contributed by atoms with Gasteiger partial charge in [0.15, 0.2) is 4.90 Å². The normalized spacial score (nSPS) is 13.1. The van der Waals surface area contributed by atoms with Gasteiger partial charge in [-0.15, -0.1) is 0 Å². The molecule has 0 aromatic heterocycles. The predicted octanol–water partition coefficient (Wildman–Crippen LogP) is 0.387. The van der Waals surface area contributed by atoms with Crippen LogP contribution in [0.25, 0.3) is 0 Å². The van der Waals surface area contributed by atoms with Crippen LogP contribution in [0.15, 0.2) is 17.0 Å². The molecule has 0 saturated heterocycles. The Morgan fingerprint density at radius 3 is 2.26 bits per heavy atom. The van der Waals surface area contributed by atoms with Crippen molar-refractivity contribution in [3.8, 4) is 0 Å². The number of rotatable bonds is 4. The minimum atomic E-state index is -4.55. The molecule has 0 amide bonds. The molecule has 0 saturated carbocycles. The molecule has 0 aliphatic carbocycles. The van der Waals surface area contributed by atoms with E-state index in [2.05, 4.69) is 4.74 Å². The third kappa shape index (κ3) is 3.38. The Labute approximate surface area is 108 Å². The van der Waals surface area contributed by atoms with Crippen molar-refractivity contribution in [3.05, 3.63) is 23.8 Å². The summed E-state index contributed by atoms with van der Waals surface area (Å²) in [6.07, 6.45) is 0. The van der Waals surface area contributed by atoms with Crippen LogP contribution in [0.5, 0.6) is 0 Å². The number of anilines is 1. The van der Waals surface area contributed by atoms with E-state index in [-0.39, 0.29) is 5.69 Å². The van der Waals surface area contributed by atoms with E-state index in [4.69, 9.17) is 5.73 Å². The molecule has 0 heterocycles. The SMILES string of the molecule is COC(=O)C(C)NS(=O)(=O)c1c(F)cc(N)cc1F. The fraction of sp³-hybridized carbons (Fsp3) is 0.300. The zero-order valence-corrected chi connectivity index (χ0v) is 10.9. The lowest BCUT2D eigenvalue weighted by Crippen LogP contribution is -2.39. The Balaban J connectivity index is 3.18. The van der Waals surface area contributed by atoms with Crippen molar-refractivity contribution in [2.45, 2.75) is 17.9 Å². The molecule has 0 radical (unpaired) electrons. The molecule has 0 bridgehead atoms. The van der Waals surface area contributed by atoms with Crippen LogP contribution < -0.4 is 10.5 Å². The standard InChI is InChI=1S/C10H12F2N2O4S/c1-5(10(15)18-2)14-19(16,17)9-7(11)3-6(13)4-8(9)12/h3-5,14H,13H2,1-2H3. The number of methoxy groups -OCH3 is 1. The van der Waals surface area contributed by atoms with Gasteiger partial charge in [-0.05, 0) is 19.1 Å². The minimum Gasteiger partial charge on any atom is -0.468 e. The third-order valence-corrected chi connectivity index (χ3v) is 3.77. The van der Waals surface area contributed by atoms with Crippen molar-refractivity contribution < 1.29 is 26.7 Å². The highest BCUT2D eigenvalue weighted by Gasteiger charge is 2.28. The number of benzene rings is 1. The van der Waals surface area contributed by atoms with Gasteiger partial charge < -0.3 is 10.5 Å². The quantitative estimate of drug-likeness (QED) is 0.618. The van der Waals surface area contributed by atoms with Gasteiger partial charge in [-0.3, -0.25) is 4.79 Å². The summed E-state index contributed by atoms with van der Waals surface area (Å²) in [4.78, 5) is 9.89. The van der Waals surface area contributed by atoms with Gasteiger partial charge in [-0.25, -0.2) is 17.2 Å². The summed E-state index contributed by atoms with van der Waals surface area (Å²) < 4.78 is 56.6. The average molecular weight is 294 g/mol. The Hall–Kier alpha value is -1.74. The van der Waals surface area contributed by atoms with Crippen LogP contribution in [0.4, 0.5) is 14.5 Å². The monoisotopic (exact) mass is 294 g/mol. The molecule has 9 heteroatoms. The number of nitrogen functional groups attached to an aromatic ring is 1. The van der Waals surface area contributed by atoms with Crippen LogP contribution >= 0.6 is 0 Å². The van der Waals surface area contributed by atoms with E-state index in [9.17, 15) is 22.0 Å². The molecule has 0 spiro atoms. The molecule has 1 aromatic carbocycles. The van der Waals surface area contributed by atoms with Crippen molar-refractivity contribution in [2.75, 3.05) is 12.8 Å². The molecule has 1 aromatic rings. The van der Waals surface area contributed by atoms with Gasteiger partial charge in [-0.1, -0.05) is 0 Å². The highest BCUT2D eigenvalue weighted by molar-refractivity contribution is 7.89. The highest BCUT2D eigenvalue weighted by Crippen LogP contribution is 2.21. The van der Waals surface area contributed by atoms with E-state index in [1.807, 2.05) is 0 Å². The fourth-order valence-corrected chi connectivity index (χ4v) is 2.66. The maximum absolute atomic E-state index is 13.5. The number of esters is 1. The summed E-state index contributed by atoms with van der Waals surface area (Å²) in [7, 11) is -3.50. The molecule has 1 atom stereocenters. The van der Waals surface area contributed by atoms with E-state index >= 15 is 0 Å². The van der Waals surface area contributed by atoms with Gasteiger partial charge in [0.1, 0.15) is 17.7 Å². The fourth-order valence-electron chi connectivity index (χ4n) is 1.35. The van der Waals surface area contributed by atoms with Crippen molar-refractivity contribution >= 4 is 21.7 Å². The minimum absolute atomic E-state index is 0.255. The van der Waals surface area contributed by atoms with Crippen LogP contribution in [-0.4, -0.2) is 27.5 Å². The number of carbonyl (C=O) groups is 1. The maximum Gasteiger partial charge on any atom is 0.323 e. The second-order valence-electron chi connectivity index (χ2n) is 3.68. The van der Waals surface area contributed by atoms with Crippen LogP contribution in [0.1, 0.15) is 6.92 Å². The first kappa shape index (κ1) is 15.3. The number of ether oxygens (including phenoxy) is 1. The van der Waals surface area contributed by atoms with Crippen molar-refractivity contribution in [3.63, 3.8) is 0 Å². The van der Waals surface area contributed by atoms with Gasteiger partial charge in [0, 0.05) is 5.69 Å². The first-order valence-corrected chi connectivity index (χ1v) is 6.52. The van der Waals surface area contributed by atoms with E-state index in [1.165, 1.54) is 6.92 Å². The lowest BCUT2D eigenvalue weighted by atomic mass is 10.3. The number of nitrogens with two attached hydrogens (primary N) is 1.